The molecule has 0 atom stereocenters. The molecule has 1 amide bonds. The van der Waals surface area contributed by atoms with Gasteiger partial charge in [-0.15, -0.1) is 10.2 Å². The van der Waals surface area contributed by atoms with Gasteiger partial charge in [-0.05, 0) is 62.1 Å². The molecule has 1 aliphatic heterocycles. The molecule has 3 aromatic rings. The van der Waals surface area contributed by atoms with Gasteiger partial charge in [-0.3, -0.25) is 4.79 Å². The minimum atomic E-state index is -0.184. The number of anilines is 1. The molecule has 1 aliphatic rings. The predicted molar refractivity (Wildman–Crippen MR) is 113 cm³/mol. The number of rotatable bonds is 5. The highest BCUT2D eigenvalue weighted by Crippen LogP contribution is 2.24. The van der Waals surface area contributed by atoms with Crippen LogP contribution < -0.4 is 10.1 Å². The van der Waals surface area contributed by atoms with E-state index in [0.717, 1.165) is 59.2 Å². The number of nitrogens with zero attached hydrogens (tertiary/aromatic N) is 3. The lowest BCUT2D eigenvalue weighted by molar-refractivity contribution is -0.118. The number of aryl methyl sites for hydroxylation is 3. The molecular weight excluding hydrogens is 364 g/mol. The van der Waals surface area contributed by atoms with Gasteiger partial charge in [-0.1, -0.05) is 24.6 Å². The number of amides is 1. The van der Waals surface area contributed by atoms with Crippen LogP contribution in [0.25, 0.3) is 11.4 Å². The van der Waals surface area contributed by atoms with E-state index < -0.39 is 0 Å². The van der Waals surface area contributed by atoms with Gasteiger partial charge in [-0.2, -0.15) is 0 Å². The molecule has 150 valence electrons. The number of nitrogens with one attached hydrogen (secondary N) is 1. The average Bonchev–Trinajstić information content (AvgIpc) is 2.96. The van der Waals surface area contributed by atoms with Crippen LogP contribution in [-0.2, 0) is 17.8 Å². The fraction of sp³-hybridized carbons (Fsp3) is 0.348. The summed E-state index contributed by atoms with van der Waals surface area (Å²) in [5, 5.41) is 11.6. The van der Waals surface area contributed by atoms with Crippen LogP contribution in [0.5, 0.6) is 5.75 Å². The van der Waals surface area contributed by atoms with E-state index >= 15 is 0 Å². The van der Waals surface area contributed by atoms with Gasteiger partial charge in [0.15, 0.2) is 12.4 Å². The Balaban J connectivity index is 1.40. The maximum atomic E-state index is 12.3. The van der Waals surface area contributed by atoms with Crippen LogP contribution in [0.2, 0.25) is 0 Å². The van der Waals surface area contributed by atoms with Crippen LogP contribution in [0, 0.1) is 13.8 Å². The number of hydrogen-bond acceptors (Lipinski definition) is 4. The lowest BCUT2D eigenvalue weighted by atomic mass is 10.1. The summed E-state index contributed by atoms with van der Waals surface area (Å²) in [7, 11) is 0. The van der Waals surface area contributed by atoms with Crippen LogP contribution >= 0.6 is 0 Å². The number of fused-ring (bicyclic) bond motifs is 1. The molecule has 0 saturated heterocycles. The zero-order valence-electron chi connectivity index (χ0n) is 16.9. The van der Waals surface area contributed by atoms with Gasteiger partial charge in [0.1, 0.15) is 11.6 Å². The zero-order chi connectivity index (χ0) is 20.2. The smallest absolute Gasteiger partial charge is 0.262 e. The summed E-state index contributed by atoms with van der Waals surface area (Å²) < 4.78 is 7.95. The summed E-state index contributed by atoms with van der Waals surface area (Å²) >= 11 is 0. The first kappa shape index (κ1) is 19.2. The molecule has 0 unspecified atom stereocenters. The molecule has 0 bridgehead atoms. The monoisotopic (exact) mass is 390 g/mol. The molecule has 29 heavy (non-hydrogen) atoms. The van der Waals surface area contributed by atoms with Crippen molar-refractivity contribution in [3.05, 3.63) is 59.4 Å². The lowest BCUT2D eigenvalue weighted by Gasteiger charge is -2.12. The molecule has 0 aliphatic carbocycles. The van der Waals surface area contributed by atoms with E-state index in [9.17, 15) is 4.79 Å². The first-order chi connectivity index (χ1) is 14.1. The van der Waals surface area contributed by atoms with Crippen molar-refractivity contribution in [1.82, 2.24) is 14.8 Å². The maximum absolute atomic E-state index is 12.3. The molecule has 0 spiro atoms. The Morgan fingerprint density at radius 1 is 1.03 bits per heavy atom. The minimum absolute atomic E-state index is 0.0227. The van der Waals surface area contributed by atoms with E-state index in [-0.39, 0.29) is 12.5 Å². The van der Waals surface area contributed by atoms with Crippen molar-refractivity contribution in [2.45, 2.75) is 46.1 Å². The third kappa shape index (κ3) is 4.31. The number of para-hydroxylation sites is 1. The Morgan fingerprint density at radius 2 is 1.79 bits per heavy atom. The van der Waals surface area contributed by atoms with Gasteiger partial charge >= 0.3 is 0 Å². The molecule has 4 rings (SSSR count). The van der Waals surface area contributed by atoms with Crippen molar-refractivity contribution in [2.75, 3.05) is 11.9 Å². The van der Waals surface area contributed by atoms with Crippen molar-refractivity contribution >= 4 is 11.6 Å². The highest BCUT2D eigenvalue weighted by atomic mass is 16.5. The van der Waals surface area contributed by atoms with Crippen molar-refractivity contribution in [3.8, 4) is 17.1 Å². The molecule has 2 aromatic carbocycles. The van der Waals surface area contributed by atoms with Gasteiger partial charge in [0.2, 0.25) is 0 Å². The number of carbonyl (C=O) groups is 1. The predicted octanol–water partition coefficient (Wildman–Crippen LogP) is 4.31. The fourth-order valence-electron chi connectivity index (χ4n) is 3.76. The van der Waals surface area contributed by atoms with Gasteiger partial charge in [0, 0.05) is 24.2 Å². The standard InChI is InChI=1S/C23H26N4O2/c1-16-7-6-8-17(2)22(16)29-15-21(28)24-19-12-10-18(11-13-19)23-26-25-20-9-4-3-5-14-27(20)23/h6-8,10-13H,3-5,9,14-15H2,1-2H3,(H,24,28). The number of ether oxygens (including phenoxy) is 1. The Hall–Kier alpha value is -3.15. The van der Waals surface area contributed by atoms with Crippen molar-refractivity contribution in [1.29, 1.82) is 0 Å². The maximum Gasteiger partial charge on any atom is 0.262 e. The first-order valence-corrected chi connectivity index (χ1v) is 10.1. The second-order valence-electron chi connectivity index (χ2n) is 7.54. The molecule has 1 aromatic heterocycles. The number of hydrogen-bond donors (Lipinski definition) is 1. The average molecular weight is 390 g/mol. The number of benzene rings is 2. The van der Waals surface area contributed by atoms with Gasteiger partial charge in [0.05, 0.1) is 0 Å². The third-order valence-electron chi connectivity index (χ3n) is 5.29. The number of carbonyl (C=O) groups excluding carboxylic acids is 1. The first-order valence-electron chi connectivity index (χ1n) is 10.1. The van der Waals surface area contributed by atoms with E-state index in [4.69, 9.17) is 4.74 Å². The van der Waals surface area contributed by atoms with Gasteiger partial charge < -0.3 is 14.6 Å². The minimum Gasteiger partial charge on any atom is -0.483 e. The van der Waals surface area contributed by atoms with Gasteiger partial charge in [-0.25, -0.2) is 0 Å². The molecule has 1 N–H and O–H groups in total. The highest BCUT2D eigenvalue weighted by molar-refractivity contribution is 5.92. The molecule has 0 saturated carbocycles. The van der Waals surface area contributed by atoms with Crippen LogP contribution in [0.1, 0.15) is 36.2 Å². The van der Waals surface area contributed by atoms with E-state index in [2.05, 4.69) is 20.1 Å². The highest BCUT2D eigenvalue weighted by Gasteiger charge is 2.16. The molecule has 6 heteroatoms. The normalized spacial score (nSPS) is 13.4. The lowest BCUT2D eigenvalue weighted by Crippen LogP contribution is -2.20. The van der Waals surface area contributed by atoms with Crippen molar-refractivity contribution in [2.24, 2.45) is 0 Å². The summed E-state index contributed by atoms with van der Waals surface area (Å²) in [4.78, 5) is 12.3. The van der Waals surface area contributed by atoms with Crippen LogP contribution in [0.15, 0.2) is 42.5 Å². The topological polar surface area (TPSA) is 69.0 Å². The van der Waals surface area contributed by atoms with E-state index in [0.29, 0.717) is 0 Å². The Bertz CT molecular complexity index is 988. The SMILES string of the molecule is Cc1cccc(C)c1OCC(=O)Nc1ccc(-c2nnc3n2CCCCC3)cc1. The molecule has 2 heterocycles. The number of aromatic nitrogens is 3. The van der Waals surface area contributed by atoms with Crippen LogP contribution in [0.3, 0.4) is 0 Å². The largest absolute Gasteiger partial charge is 0.483 e. The van der Waals surface area contributed by atoms with E-state index in [1.54, 1.807) is 0 Å². The summed E-state index contributed by atoms with van der Waals surface area (Å²) in [6, 6.07) is 13.7. The van der Waals surface area contributed by atoms with E-state index in [1.807, 2.05) is 56.3 Å². The molecular formula is C23H26N4O2. The molecule has 0 fully saturated rings. The Labute approximate surface area is 170 Å². The van der Waals surface area contributed by atoms with Crippen molar-refractivity contribution in [3.63, 3.8) is 0 Å². The summed E-state index contributed by atoms with van der Waals surface area (Å²) in [5.74, 6) is 2.55. The second-order valence-corrected chi connectivity index (χ2v) is 7.54. The van der Waals surface area contributed by atoms with Crippen LogP contribution in [0.4, 0.5) is 5.69 Å². The van der Waals surface area contributed by atoms with Crippen LogP contribution in [-0.4, -0.2) is 27.3 Å². The molecule has 6 nitrogen and oxygen atoms in total. The second kappa shape index (κ2) is 8.47. The van der Waals surface area contributed by atoms with Crippen molar-refractivity contribution < 1.29 is 9.53 Å². The fourth-order valence-corrected chi connectivity index (χ4v) is 3.76. The Kier molecular flexibility index (Phi) is 5.60. The summed E-state index contributed by atoms with van der Waals surface area (Å²) in [6.45, 7) is 4.89. The Morgan fingerprint density at radius 3 is 2.55 bits per heavy atom. The molecule has 0 radical (unpaired) electrons. The summed E-state index contributed by atoms with van der Waals surface area (Å²) in [5.41, 5.74) is 3.79. The summed E-state index contributed by atoms with van der Waals surface area (Å²) in [6.07, 6.45) is 4.55. The third-order valence-corrected chi connectivity index (χ3v) is 5.29. The van der Waals surface area contributed by atoms with E-state index in [1.165, 1.54) is 12.8 Å². The van der Waals surface area contributed by atoms with Gasteiger partial charge in [0.25, 0.3) is 5.91 Å². The zero-order valence-corrected chi connectivity index (χ0v) is 16.9. The quantitative estimate of drug-likeness (QED) is 0.705.